The van der Waals surface area contributed by atoms with E-state index in [1.165, 1.54) is 11.3 Å². The normalized spacial score (nSPS) is 10.3. The van der Waals surface area contributed by atoms with Crippen LogP contribution in [-0.2, 0) is 0 Å². The van der Waals surface area contributed by atoms with Gasteiger partial charge in [0.1, 0.15) is 10.7 Å². The molecule has 5 nitrogen and oxygen atoms in total. The van der Waals surface area contributed by atoms with Crippen molar-refractivity contribution in [3.8, 4) is 0 Å². The molecular formula is C12H13ClN4OS. The smallest absolute Gasteiger partial charge is 0.269 e. The Labute approximate surface area is 120 Å². The van der Waals surface area contributed by atoms with Crippen molar-refractivity contribution in [2.75, 3.05) is 30.0 Å². The highest BCUT2D eigenvalue weighted by molar-refractivity contribution is 7.18. The van der Waals surface area contributed by atoms with Crippen molar-refractivity contribution in [1.82, 2.24) is 4.98 Å². The van der Waals surface area contributed by atoms with E-state index in [1.54, 1.807) is 29.2 Å². The maximum Gasteiger partial charge on any atom is 0.269 e. The topological polar surface area (TPSA) is 71.2 Å². The van der Waals surface area contributed by atoms with Gasteiger partial charge in [0.25, 0.3) is 5.91 Å². The van der Waals surface area contributed by atoms with Gasteiger partial charge in [0.05, 0.1) is 0 Å². The number of amides is 1. The van der Waals surface area contributed by atoms with E-state index in [2.05, 4.69) is 10.3 Å². The monoisotopic (exact) mass is 296 g/mol. The fourth-order valence-electron chi connectivity index (χ4n) is 1.43. The summed E-state index contributed by atoms with van der Waals surface area (Å²) in [7, 11) is 3.69. The van der Waals surface area contributed by atoms with Gasteiger partial charge in [-0.2, -0.15) is 0 Å². The van der Waals surface area contributed by atoms with Crippen LogP contribution in [0.25, 0.3) is 0 Å². The lowest BCUT2D eigenvalue weighted by atomic mass is 10.3. The molecule has 3 N–H and O–H groups in total. The second kappa shape index (κ2) is 5.46. The molecule has 0 aliphatic rings. The van der Waals surface area contributed by atoms with Crippen LogP contribution in [0.1, 0.15) is 9.67 Å². The maximum absolute atomic E-state index is 12.1. The molecule has 0 bridgehead atoms. The van der Waals surface area contributed by atoms with E-state index in [0.717, 1.165) is 0 Å². The minimum atomic E-state index is -0.287. The Morgan fingerprint density at radius 2 is 2.21 bits per heavy atom. The van der Waals surface area contributed by atoms with E-state index >= 15 is 0 Å². The largest absolute Gasteiger partial charge is 0.382 e. The summed E-state index contributed by atoms with van der Waals surface area (Å²) >= 11 is 7.10. The Kier molecular flexibility index (Phi) is 3.92. The number of nitrogens with zero attached hydrogens (tertiary/aromatic N) is 2. The van der Waals surface area contributed by atoms with Crippen molar-refractivity contribution in [3.05, 3.63) is 34.2 Å². The van der Waals surface area contributed by atoms with E-state index in [1.807, 2.05) is 14.1 Å². The highest BCUT2D eigenvalue weighted by Crippen LogP contribution is 2.27. The van der Waals surface area contributed by atoms with Gasteiger partial charge in [-0.3, -0.25) is 4.79 Å². The quantitative estimate of drug-likeness (QED) is 0.913. The van der Waals surface area contributed by atoms with Gasteiger partial charge in [0.2, 0.25) is 0 Å². The molecule has 0 saturated heterocycles. The number of carbonyl (C=O) groups excluding carboxylic acids is 1. The first-order valence-electron chi connectivity index (χ1n) is 5.48. The van der Waals surface area contributed by atoms with E-state index < -0.39 is 0 Å². The number of anilines is 3. The fraction of sp³-hybridized carbons (Fsp3) is 0.167. The van der Waals surface area contributed by atoms with Crippen molar-refractivity contribution in [3.63, 3.8) is 0 Å². The van der Waals surface area contributed by atoms with Gasteiger partial charge >= 0.3 is 0 Å². The van der Waals surface area contributed by atoms with Crippen LogP contribution in [0.5, 0.6) is 0 Å². The standard InChI is InChI=1S/C12H13ClN4OS/c1-17(2)12-16-10(14)9(19-12)11(18)15-8-5-3-4-7(13)6-8/h3-6H,14H2,1-2H3,(H,15,18). The summed E-state index contributed by atoms with van der Waals surface area (Å²) in [4.78, 5) is 18.4. The van der Waals surface area contributed by atoms with Gasteiger partial charge in [0.15, 0.2) is 5.13 Å². The molecule has 0 atom stereocenters. The second-order valence-corrected chi connectivity index (χ2v) is 5.48. The molecule has 1 aromatic heterocycles. The van der Waals surface area contributed by atoms with Crippen molar-refractivity contribution in [1.29, 1.82) is 0 Å². The number of rotatable bonds is 3. The Morgan fingerprint density at radius 3 is 2.79 bits per heavy atom. The molecule has 0 radical (unpaired) electrons. The molecule has 19 heavy (non-hydrogen) atoms. The van der Waals surface area contributed by atoms with Crippen LogP contribution < -0.4 is 16.0 Å². The first kappa shape index (κ1) is 13.6. The predicted molar refractivity (Wildman–Crippen MR) is 80.3 cm³/mol. The van der Waals surface area contributed by atoms with E-state index in [-0.39, 0.29) is 11.7 Å². The molecule has 0 fully saturated rings. The fourth-order valence-corrected chi connectivity index (χ4v) is 2.42. The summed E-state index contributed by atoms with van der Waals surface area (Å²) in [5.74, 6) is -0.0569. The van der Waals surface area contributed by atoms with Crippen LogP contribution in [0, 0.1) is 0 Å². The third-order valence-corrected chi connectivity index (χ3v) is 3.79. The first-order chi connectivity index (χ1) is 8.97. The second-order valence-electron chi connectivity index (χ2n) is 4.07. The lowest BCUT2D eigenvalue weighted by Crippen LogP contribution is -2.12. The number of hydrogen-bond acceptors (Lipinski definition) is 5. The van der Waals surface area contributed by atoms with Crippen molar-refractivity contribution >= 4 is 45.5 Å². The molecule has 0 spiro atoms. The first-order valence-corrected chi connectivity index (χ1v) is 6.67. The number of nitrogen functional groups attached to an aromatic ring is 1. The van der Waals surface area contributed by atoms with Crippen LogP contribution >= 0.6 is 22.9 Å². The number of carbonyl (C=O) groups is 1. The van der Waals surface area contributed by atoms with Crippen molar-refractivity contribution in [2.45, 2.75) is 0 Å². The molecule has 0 saturated carbocycles. The van der Waals surface area contributed by atoms with Gasteiger partial charge < -0.3 is 16.0 Å². The summed E-state index contributed by atoms with van der Waals surface area (Å²) < 4.78 is 0. The van der Waals surface area contributed by atoms with Crippen molar-refractivity contribution in [2.24, 2.45) is 0 Å². The highest BCUT2D eigenvalue weighted by atomic mass is 35.5. The third kappa shape index (κ3) is 3.15. The molecule has 2 aromatic rings. The predicted octanol–water partition coefficient (Wildman–Crippen LogP) is 2.70. The number of thiazole rings is 1. The molecule has 1 heterocycles. The Bertz CT molecular complexity index is 612. The van der Waals surface area contributed by atoms with Gasteiger partial charge in [-0.05, 0) is 18.2 Å². The highest BCUT2D eigenvalue weighted by Gasteiger charge is 2.17. The van der Waals surface area contributed by atoms with Crippen LogP contribution in [0.15, 0.2) is 24.3 Å². The number of nitrogens with two attached hydrogens (primary N) is 1. The summed E-state index contributed by atoms with van der Waals surface area (Å²) in [6.07, 6.45) is 0. The number of halogens is 1. The zero-order valence-electron chi connectivity index (χ0n) is 10.5. The van der Waals surface area contributed by atoms with Crippen LogP contribution in [-0.4, -0.2) is 25.0 Å². The van der Waals surface area contributed by atoms with Gasteiger partial charge in [0, 0.05) is 24.8 Å². The third-order valence-electron chi connectivity index (χ3n) is 2.31. The van der Waals surface area contributed by atoms with Crippen LogP contribution in [0.3, 0.4) is 0 Å². The van der Waals surface area contributed by atoms with Gasteiger partial charge in [-0.15, -0.1) is 0 Å². The summed E-state index contributed by atoms with van der Waals surface area (Å²) in [5.41, 5.74) is 6.37. The van der Waals surface area contributed by atoms with E-state index in [9.17, 15) is 4.79 Å². The maximum atomic E-state index is 12.1. The molecule has 1 amide bonds. The van der Waals surface area contributed by atoms with Crippen LogP contribution in [0.4, 0.5) is 16.6 Å². The molecule has 2 rings (SSSR count). The minimum absolute atomic E-state index is 0.230. The molecular weight excluding hydrogens is 284 g/mol. The molecule has 0 unspecified atom stereocenters. The zero-order chi connectivity index (χ0) is 14.0. The molecule has 0 aliphatic heterocycles. The minimum Gasteiger partial charge on any atom is -0.382 e. The summed E-state index contributed by atoms with van der Waals surface area (Å²) in [5, 5.41) is 3.99. The molecule has 0 aliphatic carbocycles. The molecule has 100 valence electrons. The van der Waals surface area contributed by atoms with E-state index in [4.69, 9.17) is 17.3 Å². The number of aromatic nitrogens is 1. The summed E-state index contributed by atoms with van der Waals surface area (Å²) in [6, 6.07) is 6.93. The molecule has 7 heteroatoms. The lowest BCUT2D eigenvalue weighted by molar-refractivity contribution is 0.103. The molecule has 1 aromatic carbocycles. The van der Waals surface area contributed by atoms with Crippen LogP contribution in [0.2, 0.25) is 5.02 Å². The Morgan fingerprint density at radius 1 is 1.47 bits per heavy atom. The number of nitrogens with one attached hydrogen (secondary N) is 1. The van der Waals surface area contributed by atoms with E-state index in [0.29, 0.717) is 20.7 Å². The Hall–Kier alpha value is -1.79. The average molecular weight is 297 g/mol. The lowest BCUT2D eigenvalue weighted by Gasteiger charge is -2.05. The summed E-state index contributed by atoms with van der Waals surface area (Å²) in [6.45, 7) is 0. The van der Waals surface area contributed by atoms with Gasteiger partial charge in [-0.25, -0.2) is 4.98 Å². The average Bonchev–Trinajstić information content (AvgIpc) is 2.71. The SMILES string of the molecule is CN(C)c1nc(N)c(C(=O)Nc2cccc(Cl)c2)s1. The Balaban J connectivity index is 2.20. The number of benzene rings is 1. The zero-order valence-corrected chi connectivity index (χ0v) is 12.0. The van der Waals surface area contributed by atoms with Crippen molar-refractivity contribution < 1.29 is 4.79 Å². The van der Waals surface area contributed by atoms with Gasteiger partial charge in [-0.1, -0.05) is 29.0 Å². The number of hydrogen-bond donors (Lipinski definition) is 2.